The Balaban J connectivity index is 1.97. The maximum Gasteiger partial charge on any atom is 0.248 e. The highest BCUT2D eigenvalue weighted by Gasteiger charge is 2.17. The van der Waals surface area contributed by atoms with Crippen LogP contribution in [0.3, 0.4) is 0 Å². The van der Waals surface area contributed by atoms with Crippen LogP contribution in [-0.2, 0) is 6.42 Å². The summed E-state index contributed by atoms with van der Waals surface area (Å²) >= 11 is 1.59. The lowest BCUT2D eigenvalue weighted by molar-refractivity contribution is 0.1000. The molecule has 3 aromatic heterocycles. The Labute approximate surface area is 153 Å². The molecule has 0 radical (unpaired) electrons. The number of fused-ring (bicyclic) bond motifs is 3. The van der Waals surface area contributed by atoms with Gasteiger partial charge in [0, 0.05) is 22.5 Å². The van der Waals surface area contributed by atoms with Crippen LogP contribution in [0.2, 0.25) is 0 Å². The van der Waals surface area contributed by atoms with Crippen molar-refractivity contribution in [2.45, 2.75) is 20.3 Å². The zero-order valence-electron chi connectivity index (χ0n) is 14.6. The molecule has 26 heavy (non-hydrogen) atoms. The summed E-state index contributed by atoms with van der Waals surface area (Å²) in [5, 5.41) is 2.60. The average Bonchev–Trinajstić information content (AvgIpc) is 3.20. The first-order chi connectivity index (χ1) is 12.5. The zero-order chi connectivity index (χ0) is 18.4. The fraction of sp³-hybridized carbons (Fsp3) is 0.222. The SMILES string of the molecule is CCc1nc(C)sc1-c1ncc2c(n1)[nH]c1c(OC)cc(C(N)=O)cc12. The molecule has 1 aromatic carbocycles. The van der Waals surface area contributed by atoms with E-state index in [4.69, 9.17) is 10.5 Å². The lowest BCUT2D eigenvalue weighted by Gasteiger charge is -2.04. The van der Waals surface area contributed by atoms with E-state index in [9.17, 15) is 4.79 Å². The van der Waals surface area contributed by atoms with Crippen molar-refractivity contribution >= 4 is 39.2 Å². The molecule has 4 aromatic rings. The van der Waals surface area contributed by atoms with Crippen LogP contribution in [0.25, 0.3) is 32.6 Å². The summed E-state index contributed by atoms with van der Waals surface area (Å²) in [5.41, 5.74) is 8.25. The second-order valence-corrected chi connectivity index (χ2v) is 7.11. The van der Waals surface area contributed by atoms with Crippen molar-refractivity contribution in [2.24, 2.45) is 5.73 Å². The number of hydrogen-bond donors (Lipinski definition) is 2. The molecule has 3 heterocycles. The van der Waals surface area contributed by atoms with Gasteiger partial charge in [0.2, 0.25) is 5.91 Å². The number of aromatic amines is 1. The van der Waals surface area contributed by atoms with Gasteiger partial charge in [-0.1, -0.05) is 6.92 Å². The maximum atomic E-state index is 11.6. The number of nitrogens with zero attached hydrogens (tertiary/aromatic N) is 3. The summed E-state index contributed by atoms with van der Waals surface area (Å²) in [7, 11) is 1.55. The Bertz CT molecular complexity index is 1160. The predicted molar refractivity (Wildman–Crippen MR) is 102 cm³/mol. The predicted octanol–water partition coefficient (Wildman–Crippen LogP) is 3.21. The highest BCUT2D eigenvalue weighted by molar-refractivity contribution is 7.15. The monoisotopic (exact) mass is 367 g/mol. The third-order valence-corrected chi connectivity index (χ3v) is 5.28. The summed E-state index contributed by atoms with van der Waals surface area (Å²) in [4.78, 5) is 29.6. The molecule has 0 aliphatic carbocycles. The molecular formula is C18H17N5O2S. The number of benzene rings is 1. The normalized spacial score (nSPS) is 11.3. The van der Waals surface area contributed by atoms with Crippen molar-refractivity contribution in [3.63, 3.8) is 0 Å². The highest BCUT2D eigenvalue weighted by atomic mass is 32.1. The van der Waals surface area contributed by atoms with E-state index >= 15 is 0 Å². The van der Waals surface area contributed by atoms with Gasteiger partial charge in [0.05, 0.1) is 28.2 Å². The van der Waals surface area contributed by atoms with E-state index in [1.165, 1.54) is 0 Å². The van der Waals surface area contributed by atoms with Crippen molar-refractivity contribution in [1.82, 2.24) is 19.9 Å². The first-order valence-corrected chi connectivity index (χ1v) is 8.96. The second-order valence-electron chi connectivity index (χ2n) is 5.91. The number of aromatic nitrogens is 4. The number of carbonyl (C=O) groups is 1. The fourth-order valence-corrected chi connectivity index (χ4v) is 4.00. The van der Waals surface area contributed by atoms with Crippen LogP contribution < -0.4 is 10.5 Å². The number of nitrogens with two attached hydrogens (primary N) is 1. The molecule has 0 spiro atoms. The molecule has 0 saturated carbocycles. The number of aryl methyl sites for hydroxylation is 2. The third-order valence-electron chi connectivity index (χ3n) is 4.27. The number of hydrogen-bond acceptors (Lipinski definition) is 6. The Morgan fingerprint density at radius 3 is 2.81 bits per heavy atom. The van der Waals surface area contributed by atoms with Crippen molar-refractivity contribution in [2.75, 3.05) is 7.11 Å². The van der Waals surface area contributed by atoms with E-state index in [1.54, 1.807) is 36.8 Å². The second kappa shape index (κ2) is 6.06. The van der Waals surface area contributed by atoms with Crippen LogP contribution in [0, 0.1) is 6.92 Å². The summed E-state index contributed by atoms with van der Waals surface area (Å²) in [5.74, 6) is 0.671. The van der Waals surface area contributed by atoms with Gasteiger partial charge in [0.15, 0.2) is 5.82 Å². The Kier molecular flexibility index (Phi) is 3.84. The van der Waals surface area contributed by atoms with E-state index < -0.39 is 5.91 Å². The van der Waals surface area contributed by atoms with E-state index in [0.29, 0.717) is 22.8 Å². The summed E-state index contributed by atoms with van der Waals surface area (Å²) in [6.07, 6.45) is 2.58. The summed E-state index contributed by atoms with van der Waals surface area (Å²) in [6.45, 7) is 4.04. The van der Waals surface area contributed by atoms with Crippen LogP contribution in [0.1, 0.15) is 28.0 Å². The van der Waals surface area contributed by atoms with E-state index in [2.05, 4.69) is 26.9 Å². The first-order valence-electron chi connectivity index (χ1n) is 8.14. The molecule has 4 rings (SSSR count). The number of rotatable bonds is 4. The van der Waals surface area contributed by atoms with Gasteiger partial charge in [-0.25, -0.2) is 15.0 Å². The van der Waals surface area contributed by atoms with Gasteiger partial charge in [0.25, 0.3) is 0 Å². The lowest BCUT2D eigenvalue weighted by atomic mass is 10.1. The molecular weight excluding hydrogens is 350 g/mol. The van der Waals surface area contributed by atoms with Gasteiger partial charge in [-0.3, -0.25) is 4.79 Å². The zero-order valence-corrected chi connectivity index (χ0v) is 15.4. The molecule has 0 fully saturated rings. The molecule has 0 atom stereocenters. The molecule has 0 aliphatic heterocycles. The van der Waals surface area contributed by atoms with Crippen molar-refractivity contribution < 1.29 is 9.53 Å². The number of amides is 1. The minimum absolute atomic E-state index is 0.380. The van der Waals surface area contributed by atoms with Gasteiger partial charge < -0.3 is 15.5 Å². The molecule has 0 aliphatic rings. The molecule has 0 bridgehead atoms. The van der Waals surface area contributed by atoms with Gasteiger partial charge in [-0.2, -0.15) is 0 Å². The number of thiazole rings is 1. The summed E-state index contributed by atoms with van der Waals surface area (Å²) in [6, 6.07) is 3.35. The largest absolute Gasteiger partial charge is 0.495 e. The van der Waals surface area contributed by atoms with Crippen LogP contribution in [0.15, 0.2) is 18.3 Å². The van der Waals surface area contributed by atoms with Crippen LogP contribution in [0.5, 0.6) is 5.75 Å². The van der Waals surface area contributed by atoms with Gasteiger partial charge in [-0.15, -0.1) is 11.3 Å². The number of primary amides is 1. The average molecular weight is 367 g/mol. The number of ether oxygens (including phenoxy) is 1. The van der Waals surface area contributed by atoms with E-state index in [0.717, 1.165) is 38.3 Å². The standard InChI is InChI=1S/C18H17N5O2S/c1-4-12-15(26-8(2)21-12)18-20-7-11-10-5-9(16(19)24)6-13(25-3)14(10)22-17(11)23-18/h5-7H,4H2,1-3H3,(H2,19,24)(H,20,22,23). The highest BCUT2D eigenvalue weighted by Crippen LogP contribution is 2.34. The number of carbonyl (C=O) groups excluding carboxylic acids is 1. The van der Waals surface area contributed by atoms with Gasteiger partial charge in [-0.05, 0) is 25.5 Å². The van der Waals surface area contributed by atoms with Crippen LogP contribution in [-0.4, -0.2) is 33.0 Å². The van der Waals surface area contributed by atoms with Crippen LogP contribution >= 0.6 is 11.3 Å². The molecule has 8 heteroatoms. The molecule has 3 N–H and O–H groups in total. The number of methoxy groups -OCH3 is 1. The van der Waals surface area contributed by atoms with Crippen molar-refractivity contribution in [3.05, 3.63) is 34.6 Å². The number of H-pyrrole nitrogens is 1. The Morgan fingerprint density at radius 2 is 2.12 bits per heavy atom. The van der Waals surface area contributed by atoms with Gasteiger partial charge >= 0.3 is 0 Å². The first kappa shape index (κ1) is 16.5. The third kappa shape index (κ3) is 2.50. The van der Waals surface area contributed by atoms with Gasteiger partial charge in [0.1, 0.15) is 11.4 Å². The van der Waals surface area contributed by atoms with Crippen molar-refractivity contribution in [3.8, 4) is 16.5 Å². The van der Waals surface area contributed by atoms with Crippen molar-refractivity contribution in [1.29, 1.82) is 0 Å². The Morgan fingerprint density at radius 1 is 1.31 bits per heavy atom. The molecule has 0 unspecified atom stereocenters. The molecule has 7 nitrogen and oxygen atoms in total. The van der Waals surface area contributed by atoms with E-state index in [1.807, 2.05) is 6.92 Å². The quantitative estimate of drug-likeness (QED) is 0.576. The topological polar surface area (TPSA) is 107 Å². The summed E-state index contributed by atoms with van der Waals surface area (Å²) < 4.78 is 5.41. The smallest absolute Gasteiger partial charge is 0.248 e. The maximum absolute atomic E-state index is 11.6. The molecule has 0 saturated heterocycles. The molecule has 1 amide bonds. The number of nitrogens with one attached hydrogen (secondary N) is 1. The molecule has 132 valence electrons. The Hall–Kier alpha value is -3.00. The minimum Gasteiger partial charge on any atom is -0.495 e. The van der Waals surface area contributed by atoms with Crippen LogP contribution in [0.4, 0.5) is 0 Å². The fourth-order valence-electron chi connectivity index (χ4n) is 3.05. The van der Waals surface area contributed by atoms with E-state index in [-0.39, 0.29) is 0 Å². The lowest BCUT2D eigenvalue weighted by Crippen LogP contribution is -2.10. The minimum atomic E-state index is -0.509.